The highest BCUT2D eigenvalue weighted by Gasteiger charge is 2.33. The van der Waals surface area contributed by atoms with Gasteiger partial charge >= 0.3 is 5.97 Å². The first-order chi connectivity index (χ1) is 13.2. The van der Waals surface area contributed by atoms with Gasteiger partial charge in [0.1, 0.15) is 18.4 Å². The molecule has 2 aromatic heterocycles. The molecule has 0 spiro atoms. The minimum absolute atomic E-state index is 0.429. The molecule has 3 aromatic rings. The summed E-state index contributed by atoms with van der Waals surface area (Å²) in [5.74, 6) is -0.321. The smallest absolute Gasteiger partial charge is 0.325 e. The van der Waals surface area contributed by atoms with Crippen LogP contribution < -0.4 is 4.74 Å². The summed E-state index contributed by atoms with van der Waals surface area (Å²) in [6.45, 7) is 1.43. The summed E-state index contributed by atoms with van der Waals surface area (Å²) >= 11 is 0. The zero-order chi connectivity index (χ0) is 18.6. The predicted molar refractivity (Wildman–Crippen MR) is 100 cm³/mol. The number of carboxylic acids is 1. The molecule has 0 radical (unpaired) electrons. The van der Waals surface area contributed by atoms with Crippen molar-refractivity contribution in [3.8, 4) is 16.9 Å². The van der Waals surface area contributed by atoms with Crippen LogP contribution in [0.1, 0.15) is 17.2 Å². The Balaban J connectivity index is 1.71. The molecular formula is C21H19N3O3. The molecule has 1 aliphatic heterocycles. The van der Waals surface area contributed by atoms with Crippen LogP contribution in [0.4, 0.5) is 0 Å². The van der Waals surface area contributed by atoms with Crippen LogP contribution in [-0.4, -0.2) is 39.1 Å². The number of benzene rings is 1. The summed E-state index contributed by atoms with van der Waals surface area (Å²) in [5.41, 5.74) is 3.77. The Morgan fingerprint density at radius 2 is 1.89 bits per heavy atom. The fourth-order valence-corrected chi connectivity index (χ4v) is 3.48. The van der Waals surface area contributed by atoms with Crippen LogP contribution in [0, 0.1) is 0 Å². The van der Waals surface area contributed by atoms with E-state index in [0.717, 1.165) is 16.7 Å². The largest absolute Gasteiger partial charge is 0.492 e. The number of carbonyl (C=O) groups is 1. The van der Waals surface area contributed by atoms with E-state index in [4.69, 9.17) is 4.74 Å². The molecule has 3 heterocycles. The van der Waals surface area contributed by atoms with Crippen molar-refractivity contribution in [2.45, 2.75) is 12.6 Å². The molecule has 0 saturated heterocycles. The SMILES string of the molecule is O=C(O)C1c2cnccc2OCCN1Cc1ccccc1-c1ccncc1. The average Bonchev–Trinajstić information content (AvgIpc) is 2.88. The second-order valence-electron chi connectivity index (χ2n) is 6.37. The van der Waals surface area contributed by atoms with Crippen LogP contribution in [-0.2, 0) is 11.3 Å². The minimum atomic E-state index is -0.906. The van der Waals surface area contributed by atoms with E-state index in [1.54, 1.807) is 30.9 Å². The molecule has 0 saturated carbocycles. The Bertz CT molecular complexity index is 946. The third-order valence-electron chi connectivity index (χ3n) is 4.72. The van der Waals surface area contributed by atoms with E-state index < -0.39 is 12.0 Å². The number of aliphatic carboxylic acids is 1. The fourth-order valence-electron chi connectivity index (χ4n) is 3.48. The lowest BCUT2D eigenvalue weighted by Crippen LogP contribution is -2.34. The van der Waals surface area contributed by atoms with E-state index in [-0.39, 0.29) is 0 Å². The number of rotatable bonds is 4. The number of nitrogens with zero attached hydrogens (tertiary/aromatic N) is 3. The van der Waals surface area contributed by atoms with Gasteiger partial charge in [-0.3, -0.25) is 19.7 Å². The van der Waals surface area contributed by atoms with Gasteiger partial charge in [-0.15, -0.1) is 0 Å². The van der Waals surface area contributed by atoms with Crippen LogP contribution in [0.25, 0.3) is 11.1 Å². The molecule has 0 fully saturated rings. The molecule has 6 nitrogen and oxygen atoms in total. The maximum atomic E-state index is 12.1. The topological polar surface area (TPSA) is 75.6 Å². The molecule has 6 heteroatoms. The highest BCUT2D eigenvalue weighted by molar-refractivity contribution is 5.77. The molecular weight excluding hydrogens is 342 g/mol. The third kappa shape index (κ3) is 3.52. The Morgan fingerprint density at radius 3 is 2.70 bits per heavy atom. The van der Waals surface area contributed by atoms with Gasteiger partial charge in [0.25, 0.3) is 0 Å². The van der Waals surface area contributed by atoms with Crippen LogP contribution >= 0.6 is 0 Å². The van der Waals surface area contributed by atoms with Gasteiger partial charge in [-0.2, -0.15) is 0 Å². The quantitative estimate of drug-likeness (QED) is 0.769. The first kappa shape index (κ1) is 17.2. The van der Waals surface area contributed by atoms with Crippen molar-refractivity contribution in [2.24, 2.45) is 0 Å². The first-order valence-corrected chi connectivity index (χ1v) is 8.76. The molecule has 0 aliphatic carbocycles. The fraction of sp³-hybridized carbons (Fsp3) is 0.190. The number of hydrogen-bond donors (Lipinski definition) is 1. The second-order valence-corrected chi connectivity index (χ2v) is 6.37. The molecule has 136 valence electrons. The van der Waals surface area contributed by atoms with Crippen molar-refractivity contribution in [3.05, 3.63) is 78.4 Å². The maximum absolute atomic E-state index is 12.1. The normalized spacial score (nSPS) is 16.8. The number of carboxylic acid groups (broad SMARTS) is 1. The monoisotopic (exact) mass is 361 g/mol. The summed E-state index contributed by atoms with van der Waals surface area (Å²) < 4.78 is 5.76. The van der Waals surface area contributed by atoms with Gasteiger partial charge in [0.2, 0.25) is 0 Å². The molecule has 1 unspecified atom stereocenters. The molecule has 1 aliphatic rings. The Labute approximate surface area is 157 Å². The van der Waals surface area contributed by atoms with E-state index in [9.17, 15) is 9.90 Å². The van der Waals surface area contributed by atoms with E-state index in [1.165, 1.54) is 0 Å². The molecule has 0 bridgehead atoms. The summed E-state index contributed by atoms with van der Waals surface area (Å²) in [4.78, 5) is 22.2. The van der Waals surface area contributed by atoms with Crippen LogP contribution in [0.5, 0.6) is 5.75 Å². The van der Waals surface area contributed by atoms with Gasteiger partial charge < -0.3 is 9.84 Å². The van der Waals surface area contributed by atoms with Crippen molar-refractivity contribution in [1.82, 2.24) is 14.9 Å². The van der Waals surface area contributed by atoms with Gasteiger partial charge in [-0.25, -0.2) is 0 Å². The number of pyridine rings is 2. The van der Waals surface area contributed by atoms with Crippen LogP contribution in [0.2, 0.25) is 0 Å². The van der Waals surface area contributed by atoms with E-state index in [1.807, 2.05) is 41.3 Å². The summed E-state index contributed by atoms with van der Waals surface area (Å²) in [7, 11) is 0. The van der Waals surface area contributed by atoms with Crippen LogP contribution in [0.3, 0.4) is 0 Å². The summed E-state index contributed by atoms with van der Waals surface area (Å²) in [5, 5.41) is 9.91. The Hall–Kier alpha value is -3.25. The molecule has 1 aromatic carbocycles. The summed E-state index contributed by atoms with van der Waals surface area (Å²) in [6, 6.07) is 12.9. The lowest BCUT2D eigenvalue weighted by Gasteiger charge is -2.27. The second kappa shape index (κ2) is 7.55. The van der Waals surface area contributed by atoms with Gasteiger partial charge in [-0.05, 0) is 34.9 Å². The lowest BCUT2D eigenvalue weighted by molar-refractivity contribution is -0.143. The predicted octanol–water partition coefficient (Wildman–Crippen LogP) is 3.16. The molecule has 4 rings (SSSR count). The molecule has 27 heavy (non-hydrogen) atoms. The first-order valence-electron chi connectivity index (χ1n) is 8.76. The van der Waals surface area contributed by atoms with Gasteiger partial charge in [0.05, 0.1) is 0 Å². The average molecular weight is 361 g/mol. The van der Waals surface area contributed by atoms with Crippen LogP contribution in [0.15, 0.2) is 67.3 Å². The zero-order valence-corrected chi connectivity index (χ0v) is 14.7. The van der Waals surface area contributed by atoms with Gasteiger partial charge in [0.15, 0.2) is 0 Å². The van der Waals surface area contributed by atoms with Crippen molar-refractivity contribution < 1.29 is 14.6 Å². The molecule has 1 N–H and O–H groups in total. The zero-order valence-electron chi connectivity index (χ0n) is 14.7. The molecule has 1 atom stereocenters. The lowest BCUT2D eigenvalue weighted by atomic mass is 9.99. The Morgan fingerprint density at radius 1 is 1.11 bits per heavy atom. The number of aromatic nitrogens is 2. The minimum Gasteiger partial charge on any atom is -0.492 e. The van der Waals surface area contributed by atoms with Gasteiger partial charge in [-0.1, -0.05) is 24.3 Å². The molecule has 0 amide bonds. The maximum Gasteiger partial charge on any atom is 0.325 e. The highest BCUT2D eigenvalue weighted by Crippen LogP contribution is 2.34. The van der Waals surface area contributed by atoms with E-state index in [0.29, 0.717) is 31.0 Å². The third-order valence-corrected chi connectivity index (χ3v) is 4.72. The number of hydrogen-bond acceptors (Lipinski definition) is 5. The van der Waals surface area contributed by atoms with Crippen molar-refractivity contribution >= 4 is 5.97 Å². The number of ether oxygens (including phenoxy) is 1. The summed E-state index contributed by atoms with van der Waals surface area (Å²) in [6.07, 6.45) is 6.72. The van der Waals surface area contributed by atoms with E-state index in [2.05, 4.69) is 9.97 Å². The number of fused-ring (bicyclic) bond motifs is 1. The van der Waals surface area contributed by atoms with Gasteiger partial charge in [0, 0.05) is 43.4 Å². The van der Waals surface area contributed by atoms with Crippen molar-refractivity contribution in [2.75, 3.05) is 13.2 Å². The standard InChI is InChI=1S/C21H19N3O3/c25-21(26)20-18-13-23-10-7-19(18)27-12-11-24(20)14-16-3-1-2-4-17(16)15-5-8-22-9-6-15/h1-10,13,20H,11-12,14H2,(H,25,26). The Kier molecular flexibility index (Phi) is 4.80. The van der Waals surface area contributed by atoms with Crippen molar-refractivity contribution in [3.63, 3.8) is 0 Å². The highest BCUT2D eigenvalue weighted by atomic mass is 16.5. The van der Waals surface area contributed by atoms with E-state index >= 15 is 0 Å². The van der Waals surface area contributed by atoms with Crippen molar-refractivity contribution in [1.29, 1.82) is 0 Å².